The van der Waals surface area contributed by atoms with Crippen LogP contribution in [0.2, 0.25) is 0 Å². The molecule has 12 heteroatoms. The number of carbonyl (C=O) groups excluding carboxylic acids is 1. The first-order valence-electron chi connectivity index (χ1n) is 14.4. The predicted molar refractivity (Wildman–Crippen MR) is 166 cm³/mol. The van der Waals surface area contributed by atoms with Crippen LogP contribution < -0.4 is 19.5 Å². The van der Waals surface area contributed by atoms with Crippen molar-refractivity contribution in [3.05, 3.63) is 74.0 Å². The van der Waals surface area contributed by atoms with E-state index >= 15 is 0 Å². The van der Waals surface area contributed by atoms with Crippen molar-refractivity contribution in [3.8, 4) is 28.4 Å². The number of rotatable bonds is 9. The summed E-state index contributed by atoms with van der Waals surface area (Å²) in [6.07, 6.45) is 7.14. The van der Waals surface area contributed by atoms with E-state index in [1.807, 2.05) is 36.5 Å². The molecule has 1 unspecified atom stereocenters. The number of hydrogen-bond acceptors (Lipinski definition) is 10. The van der Waals surface area contributed by atoms with Gasteiger partial charge in [-0.1, -0.05) is 12.6 Å². The third kappa shape index (κ3) is 5.35. The fourth-order valence-corrected chi connectivity index (χ4v) is 5.62. The molecular formula is C32H32N8O4. The molecule has 5 heterocycles. The number of methoxy groups -OCH3 is 1. The molecule has 0 bridgehead atoms. The number of anilines is 2. The Labute approximate surface area is 253 Å². The summed E-state index contributed by atoms with van der Waals surface area (Å²) in [5.41, 5.74) is 4.21. The highest BCUT2D eigenvalue weighted by molar-refractivity contribution is 5.94. The highest BCUT2D eigenvalue weighted by Gasteiger charge is 2.32. The number of carbonyl (C=O) groups is 1. The summed E-state index contributed by atoms with van der Waals surface area (Å²) < 4.78 is 20.1. The summed E-state index contributed by atoms with van der Waals surface area (Å²) >= 11 is 0. The van der Waals surface area contributed by atoms with Crippen molar-refractivity contribution < 1.29 is 19.0 Å². The topological polar surface area (TPSA) is 119 Å². The third-order valence-electron chi connectivity index (χ3n) is 8.04. The van der Waals surface area contributed by atoms with Crippen LogP contribution in [0.25, 0.3) is 27.7 Å². The summed E-state index contributed by atoms with van der Waals surface area (Å²) in [4.78, 5) is 29.3. The van der Waals surface area contributed by atoms with Crippen molar-refractivity contribution >= 4 is 34.0 Å². The molecular weight excluding hydrogens is 560 g/mol. The van der Waals surface area contributed by atoms with Gasteiger partial charge in [0.2, 0.25) is 5.91 Å². The van der Waals surface area contributed by atoms with Crippen molar-refractivity contribution in [1.29, 1.82) is 0 Å². The van der Waals surface area contributed by atoms with Crippen LogP contribution in [-0.2, 0) is 4.79 Å². The van der Waals surface area contributed by atoms with Crippen LogP contribution in [0.15, 0.2) is 74.0 Å². The average Bonchev–Trinajstić information content (AvgIpc) is 3.67. The van der Waals surface area contributed by atoms with Gasteiger partial charge in [0.05, 0.1) is 31.4 Å². The van der Waals surface area contributed by atoms with E-state index in [2.05, 4.69) is 56.0 Å². The summed E-state index contributed by atoms with van der Waals surface area (Å²) in [5.74, 6) is 2.32. The van der Waals surface area contributed by atoms with Gasteiger partial charge in [-0.15, -0.1) is 0 Å². The third-order valence-corrected chi connectivity index (χ3v) is 8.04. The second-order valence-electron chi connectivity index (χ2n) is 11.0. The first-order chi connectivity index (χ1) is 21.5. The van der Waals surface area contributed by atoms with Crippen molar-refractivity contribution in [2.75, 3.05) is 45.7 Å². The van der Waals surface area contributed by atoms with E-state index in [4.69, 9.17) is 14.2 Å². The number of fused-ring (bicyclic) bond motifs is 2. The molecule has 12 nitrogen and oxygen atoms in total. The Morgan fingerprint density at radius 1 is 0.955 bits per heavy atom. The SMILES string of the molecule is C=CC(=O)N1CC(Oc2cc3c(Nc4cc(-c5ccn6ncnc6c5)ccc4OC4CCN(C)C4)ncnc3cc2OC)C1. The van der Waals surface area contributed by atoms with Crippen LogP contribution in [0.1, 0.15) is 6.42 Å². The van der Waals surface area contributed by atoms with Crippen LogP contribution >= 0.6 is 0 Å². The van der Waals surface area contributed by atoms with Crippen LogP contribution in [-0.4, -0.2) is 92.8 Å². The monoisotopic (exact) mass is 592 g/mol. The number of likely N-dealkylation sites (tertiary alicyclic amines) is 2. The standard InChI is InChI=1S/C32H32N8O4/c1-4-31(41)39-16-23(17-39)44-29-13-24-25(14-28(29)42-3)33-18-35-32(24)37-26-11-20(21-7-10-40-30(12-21)34-19-36-40)5-6-27(26)43-22-8-9-38(2)15-22/h4-7,10-14,18-19,22-23H,1,8-9,15-17H2,2-3H3,(H,33,35,37). The van der Waals surface area contributed by atoms with Gasteiger partial charge in [0, 0.05) is 30.7 Å². The van der Waals surface area contributed by atoms with E-state index in [9.17, 15) is 4.79 Å². The van der Waals surface area contributed by atoms with Crippen molar-refractivity contribution in [2.45, 2.75) is 18.6 Å². The second kappa shape index (κ2) is 11.5. The van der Waals surface area contributed by atoms with Gasteiger partial charge in [-0.25, -0.2) is 19.5 Å². The average molecular weight is 593 g/mol. The first kappa shape index (κ1) is 27.6. The zero-order valence-corrected chi connectivity index (χ0v) is 24.5. The summed E-state index contributed by atoms with van der Waals surface area (Å²) in [6, 6.07) is 13.8. The lowest BCUT2D eigenvalue weighted by atomic mass is 10.1. The molecule has 0 spiro atoms. The minimum absolute atomic E-state index is 0.0835. The van der Waals surface area contributed by atoms with Crippen LogP contribution in [0.4, 0.5) is 11.5 Å². The second-order valence-corrected chi connectivity index (χ2v) is 11.0. The Bertz CT molecular complexity index is 1870. The number of pyridine rings is 1. The molecule has 7 rings (SSSR count). The van der Waals surface area contributed by atoms with Crippen molar-refractivity contribution in [1.82, 2.24) is 34.4 Å². The Kier molecular flexibility index (Phi) is 7.18. The number of likely N-dealkylation sites (N-methyl/N-ethyl adjacent to an activating group) is 1. The minimum Gasteiger partial charge on any atom is -0.493 e. The molecule has 2 saturated heterocycles. The van der Waals surface area contributed by atoms with Gasteiger partial charge >= 0.3 is 0 Å². The Hall–Kier alpha value is -5.23. The number of nitrogens with one attached hydrogen (secondary N) is 1. The van der Waals surface area contributed by atoms with Gasteiger partial charge in [0.25, 0.3) is 0 Å². The molecule has 2 fully saturated rings. The first-order valence-corrected chi connectivity index (χ1v) is 14.4. The molecule has 0 radical (unpaired) electrons. The molecule has 224 valence electrons. The number of hydrogen-bond donors (Lipinski definition) is 1. The Balaban J connectivity index is 1.23. The fraction of sp³-hybridized carbons (Fsp3) is 0.281. The van der Waals surface area contributed by atoms with E-state index in [1.54, 1.807) is 16.5 Å². The van der Waals surface area contributed by atoms with Gasteiger partial charge in [-0.05, 0) is 61.0 Å². The zero-order valence-electron chi connectivity index (χ0n) is 24.5. The smallest absolute Gasteiger partial charge is 0.246 e. The molecule has 5 aromatic rings. The van der Waals surface area contributed by atoms with E-state index in [0.717, 1.165) is 53.1 Å². The van der Waals surface area contributed by atoms with Crippen molar-refractivity contribution in [3.63, 3.8) is 0 Å². The van der Waals surface area contributed by atoms with Crippen LogP contribution in [0.3, 0.4) is 0 Å². The molecule has 0 saturated carbocycles. The lowest BCUT2D eigenvalue weighted by molar-refractivity contribution is -0.134. The molecule has 2 aliphatic heterocycles. The quantitative estimate of drug-likeness (QED) is 0.252. The largest absolute Gasteiger partial charge is 0.493 e. The molecule has 2 aliphatic rings. The Morgan fingerprint density at radius 3 is 2.59 bits per heavy atom. The van der Waals surface area contributed by atoms with Crippen LogP contribution in [0.5, 0.6) is 17.2 Å². The normalized spacial score (nSPS) is 17.0. The van der Waals surface area contributed by atoms with Crippen LogP contribution in [0, 0.1) is 0 Å². The lowest BCUT2D eigenvalue weighted by Crippen LogP contribution is -2.55. The molecule has 1 N–H and O–H groups in total. The Morgan fingerprint density at radius 2 is 1.80 bits per heavy atom. The minimum atomic E-state index is -0.157. The molecule has 2 aromatic carbocycles. The lowest BCUT2D eigenvalue weighted by Gasteiger charge is -2.38. The summed E-state index contributed by atoms with van der Waals surface area (Å²) in [5, 5.41) is 8.50. The highest BCUT2D eigenvalue weighted by atomic mass is 16.5. The van der Waals surface area contributed by atoms with Gasteiger partial charge in [-0.2, -0.15) is 5.10 Å². The molecule has 3 aromatic heterocycles. The molecule has 1 amide bonds. The molecule has 44 heavy (non-hydrogen) atoms. The fourth-order valence-electron chi connectivity index (χ4n) is 5.62. The predicted octanol–water partition coefficient (Wildman–Crippen LogP) is 3.95. The van der Waals surface area contributed by atoms with E-state index in [1.165, 1.54) is 18.7 Å². The highest BCUT2D eigenvalue weighted by Crippen LogP contribution is 2.39. The maximum absolute atomic E-state index is 11.9. The van der Waals surface area contributed by atoms with E-state index in [0.29, 0.717) is 35.9 Å². The number of ether oxygens (including phenoxy) is 3. The summed E-state index contributed by atoms with van der Waals surface area (Å²) in [7, 11) is 3.70. The molecule has 1 atom stereocenters. The summed E-state index contributed by atoms with van der Waals surface area (Å²) in [6.45, 7) is 6.37. The van der Waals surface area contributed by atoms with Gasteiger partial charge in [0.1, 0.15) is 36.4 Å². The van der Waals surface area contributed by atoms with Gasteiger partial charge < -0.3 is 29.3 Å². The zero-order chi connectivity index (χ0) is 30.2. The van der Waals surface area contributed by atoms with E-state index < -0.39 is 0 Å². The maximum Gasteiger partial charge on any atom is 0.246 e. The van der Waals surface area contributed by atoms with Gasteiger partial charge in [-0.3, -0.25) is 4.79 Å². The van der Waals surface area contributed by atoms with E-state index in [-0.39, 0.29) is 18.1 Å². The number of benzene rings is 2. The molecule has 0 aliphatic carbocycles. The number of nitrogens with zero attached hydrogens (tertiary/aromatic N) is 7. The van der Waals surface area contributed by atoms with Gasteiger partial charge in [0.15, 0.2) is 17.1 Å². The number of aromatic nitrogens is 5. The van der Waals surface area contributed by atoms with Crippen molar-refractivity contribution in [2.24, 2.45) is 0 Å². The maximum atomic E-state index is 11.9. The number of amides is 1.